The number of hydrogen-bond donors (Lipinski definition) is 0. The van der Waals surface area contributed by atoms with Crippen LogP contribution in [0.5, 0.6) is 0 Å². The van der Waals surface area contributed by atoms with Gasteiger partial charge in [0.2, 0.25) is 0 Å². The van der Waals surface area contributed by atoms with Gasteiger partial charge in [-0.3, -0.25) is 0 Å². The first-order valence-electron chi connectivity index (χ1n) is 24.8. The SMILES string of the molecule is Cc1cc2c3c(c1)-n1c4c(cccc4c4sc5ccccc5c41)B3c1ccc(N(c3ccc(C(C)(C)C)cc3)c3ccc(C(C)(C)C)cc3)cc1N2c1cccc2c1SC1CC(C(C)(C)C)=CC=C21. The number of allylic oxidation sites excluding steroid dienone is 3. The van der Waals surface area contributed by atoms with Crippen LogP contribution in [-0.4, -0.2) is 16.5 Å². The Bertz CT molecular complexity index is 3640. The first-order valence-corrected chi connectivity index (χ1v) is 26.5. The minimum Gasteiger partial charge on any atom is -0.310 e. The van der Waals surface area contributed by atoms with Crippen molar-refractivity contribution in [3.63, 3.8) is 0 Å². The molecule has 0 spiro atoms. The monoisotopic (exact) mass is 931 g/mol. The van der Waals surface area contributed by atoms with Gasteiger partial charge in [-0.2, -0.15) is 0 Å². The summed E-state index contributed by atoms with van der Waals surface area (Å²) < 4.78 is 5.35. The van der Waals surface area contributed by atoms with Crippen LogP contribution in [0.15, 0.2) is 162 Å². The molecule has 7 aromatic carbocycles. The summed E-state index contributed by atoms with van der Waals surface area (Å²) in [4.78, 5) is 6.52. The van der Waals surface area contributed by atoms with Gasteiger partial charge in [-0.1, -0.05) is 159 Å². The first-order chi connectivity index (χ1) is 33.0. The zero-order valence-corrected chi connectivity index (χ0v) is 43.1. The summed E-state index contributed by atoms with van der Waals surface area (Å²) in [5.74, 6) is 0. The quantitative estimate of drug-likeness (QED) is 0.163. The highest BCUT2D eigenvalue weighted by Crippen LogP contribution is 2.57. The van der Waals surface area contributed by atoms with Crippen molar-refractivity contribution in [1.82, 2.24) is 4.57 Å². The van der Waals surface area contributed by atoms with E-state index in [-0.39, 0.29) is 23.0 Å². The summed E-state index contributed by atoms with van der Waals surface area (Å²) in [5.41, 5.74) is 23.8. The number of nitrogens with zero attached hydrogens (tertiary/aromatic N) is 3. The molecule has 2 aromatic heterocycles. The maximum absolute atomic E-state index is 2.67. The van der Waals surface area contributed by atoms with Crippen molar-refractivity contribution in [2.24, 2.45) is 5.41 Å². The van der Waals surface area contributed by atoms with E-state index in [1.807, 2.05) is 11.3 Å². The van der Waals surface area contributed by atoms with Gasteiger partial charge < -0.3 is 14.4 Å². The van der Waals surface area contributed by atoms with E-state index in [9.17, 15) is 0 Å². The Morgan fingerprint density at radius 2 is 1.22 bits per heavy atom. The molecule has 13 rings (SSSR count). The number of benzene rings is 7. The molecule has 5 heterocycles. The number of thiophene rings is 1. The van der Waals surface area contributed by atoms with Crippen molar-refractivity contribution in [2.75, 3.05) is 9.80 Å². The zero-order chi connectivity index (χ0) is 47.5. The number of aromatic nitrogens is 1. The maximum atomic E-state index is 2.67. The third-order valence-electron chi connectivity index (χ3n) is 15.5. The van der Waals surface area contributed by atoms with E-state index >= 15 is 0 Å². The number of anilines is 6. The standard InChI is InChI=1S/C63H58BN3S2/c1-37-33-52-56-53(34-37)67-57-47(60-58(67)46-15-11-12-20-54(46)68-60)17-13-18-49(57)64(56)48-32-30-43(65(41-26-21-38(22-27-41)61(2,3)4)42-28-23-39(24-29-42)62(5,6)7)36-51(48)66(52)50-19-14-16-45-44-31-25-40(63(8,9)10)35-55(44)69-59(45)50/h11-34,36,55H,35H2,1-10H3. The fourth-order valence-electron chi connectivity index (χ4n) is 11.9. The summed E-state index contributed by atoms with van der Waals surface area (Å²) >= 11 is 4.01. The van der Waals surface area contributed by atoms with Crippen molar-refractivity contribution in [3.8, 4) is 5.69 Å². The van der Waals surface area contributed by atoms with E-state index < -0.39 is 0 Å². The van der Waals surface area contributed by atoms with Crippen LogP contribution in [0.4, 0.5) is 34.1 Å². The van der Waals surface area contributed by atoms with Crippen molar-refractivity contribution < 1.29 is 0 Å². The molecule has 1 unspecified atom stereocenters. The van der Waals surface area contributed by atoms with Crippen LogP contribution in [0.1, 0.15) is 91.0 Å². The topological polar surface area (TPSA) is 11.4 Å². The second-order valence-electron chi connectivity index (χ2n) is 23.0. The summed E-state index contributed by atoms with van der Waals surface area (Å²) in [5, 5.41) is 3.06. The molecule has 3 aliphatic heterocycles. The Morgan fingerprint density at radius 1 is 0.565 bits per heavy atom. The van der Waals surface area contributed by atoms with Crippen LogP contribution in [0, 0.1) is 12.3 Å². The van der Waals surface area contributed by atoms with Crippen molar-refractivity contribution >= 4 is 117 Å². The minimum absolute atomic E-state index is 0.0428. The smallest absolute Gasteiger partial charge is 0.252 e. The molecule has 340 valence electrons. The molecule has 6 heteroatoms. The molecule has 0 saturated heterocycles. The van der Waals surface area contributed by atoms with Gasteiger partial charge in [-0.05, 0) is 134 Å². The second-order valence-corrected chi connectivity index (χ2v) is 25.3. The molecule has 0 radical (unpaired) electrons. The van der Waals surface area contributed by atoms with E-state index in [1.54, 1.807) is 0 Å². The summed E-state index contributed by atoms with van der Waals surface area (Å²) in [6.45, 7) is 23.2. The average molecular weight is 932 g/mol. The number of rotatable bonds is 4. The predicted octanol–water partition coefficient (Wildman–Crippen LogP) is 16.2. The molecule has 0 fully saturated rings. The summed E-state index contributed by atoms with van der Waals surface area (Å²) in [6, 6.07) is 54.1. The van der Waals surface area contributed by atoms with Gasteiger partial charge in [0.1, 0.15) is 0 Å². The Hall–Kier alpha value is -6.21. The molecular weight excluding hydrogens is 874 g/mol. The molecule has 3 nitrogen and oxygen atoms in total. The number of fused-ring (bicyclic) bond motifs is 12. The molecule has 4 aliphatic rings. The fraction of sp³-hybridized carbons (Fsp3) is 0.238. The van der Waals surface area contributed by atoms with E-state index in [2.05, 4.69) is 247 Å². The van der Waals surface area contributed by atoms with Gasteiger partial charge in [-0.25, -0.2) is 0 Å². The van der Waals surface area contributed by atoms with Crippen LogP contribution in [0.3, 0.4) is 0 Å². The van der Waals surface area contributed by atoms with Crippen molar-refractivity contribution in [1.29, 1.82) is 0 Å². The predicted molar refractivity (Wildman–Crippen MR) is 302 cm³/mol. The number of hydrogen-bond acceptors (Lipinski definition) is 4. The highest BCUT2D eigenvalue weighted by Gasteiger charge is 2.44. The van der Waals surface area contributed by atoms with E-state index in [1.165, 1.54) is 109 Å². The van der Waals surface area contributed by atoms with E-state index in [0.29, 0.717) is 5.25 Å². The molecular formula is C63H58BN3S2. The van der Waals surface area contributed by atoms with Gasteiger partial charge in [0.15, 0.2) is 0 Å². The normalized spacial score (nSPS) is 16.1. The molecule has 1 aliphatic carbocycles. The Morgan fingerprint density at radius 3 is 1.91 bits per heavy atom. The minimum atomic E-state index is 0.0428. The molecule has 0 saturated carbocycles. The highest BCUT2D eigenvalue weighted by molar-refractivity contribution is 8.01. The van der Waals surface area contributed by atoms with Crippen LogP contribution >= 0.6 is 23.1 Å². The van der Waals surface area contributed by atoms with Gasteiger partial charge in [0, 0.05) is 59.7 Å². The zero-order valence-electron chi connectivity index (χ0n) is 41.5. The first kappa shape index (κ1) is 42.9. The lowest BCUT2D eigenvalue weighted by molar-refractivity contribution is 0.484. The molecule has 1 atom stereocenters. The van der Waals surface area contributed by atoms with E-state index in [4.69, 9.17) is 0 Å². The molecule has 0 N–H and O–H groups in total. The van der Waals surface area contributed by atoms with Crippen LogP contribution in [0.2, 0.25) is 0 Å². The molecule has 9 aromatic rings. The average Bonchev–Trinajstić information content (AvgIpc) is 3.99. The molecule has 0 amide bonds. The highest BCUT2D eigenvalue weighted by atomic mass is 32.2. The lowest BCUT2D eigenvalue weighted by Crippen LogP contribution is -2.60. The fourth-order valence-corrected chi connectivity index (χ4v) is 14.6. The van der Waals surface area contributed by atoms with Crippen molar-refractivity contribution in [3.05, 3.63) is 180 Å². The maximum Gasteiger partial charge on any atom is 0.252 e. The van der Waals surface area contributed by atoms with Gasteiger partial charge in [0.25, 0.3) is 6.71 Å². The number of thioether (sulfide) groups is 1. The van der Waals surface area contributed by atoms with Crippen LogP contribution in [-0.2, 0) is 10.8 Å². The third kappa shape index (κ3) is 6.47. The summed E-state index contributed by atoms with van der Waals surface area (Å²) in [7, 11) is 0. The third-order valence-corrected chi connectivity index (χ3v) is 18.0. The van der Waals surface area contributed by atoms with Gasteiger partial charge in [0.05, 0.1) is 21.4 Å². The lowest BCUT2D eigenvalue weighted by Gasteiger charge is -2.41. The van der Waals surface area contributed by atoms with Crippen LogP contribution in [0.25, 0.3) is 42.5 Å². The van der Waals surface area contributed by atoms with E-state index in [0.717, 1.165) is 23.5 Å². The largest absolute Gasteiger partial charge is 0.310 e. The summed E-state index contributed by atoms with van der Waals surface area (Å²) in [6.07, 6.45) is 5.92. The van der Waals surface area contributed by atoms with Gasteiger partial charge >= 0.3 is 0 Å². The number of aryl methyl sites for hydroxylation is 1. The lowest BCUT2D eigenvalue weighted by atomic mass is 9.33. The van der Waals surface area contributed by atoms with Crippen molar-refractivity contribution in [2.45, 2.75) is 96.6 Å². The van der Waals surface area contributed by atoms with Crippen LogP contribution < -0.4 is 26.2 Å². The Balaban J connectivity index is 1.09. The number of para-hydroxylation sites is 1. The second kappa shape index (κ2) is 14.9. The molecule has 0 bridgehead atoms. The van der Waals surface area contributed by atoms with Gasteiger partial charge in [-0.15, -0.1) is 23.1 Å². The Labute approximate surface area is 416 Å². The Kier molecular flexibility index (Phi) is 9.26. The molecule has 69 heavy (non-hydrogen) atoms.